The molecule has 1 unspecified atom stereocenters. The standard InChI is InChI=1S/C14H14Cl2N2O/c1-9(18-17)10-2-5-12(6-3-10)19-14-7-4-11(15)8-13(14)16/h2-9,18H,17H2,1H3. The molecule has 1 atom stereocenters. The zero-order chi connectivity index (χ0) is 13.8. The summed E-state index contributed by atoms with van der Waals surface area (Å²) in [5.41, 5.74) is 3.77. The van der Waals surface area contributed by atoms with Gasteiger partial charge in [-0.25, -0.2) is 0 Å². The van der Waals surface area contributed by atoms with Gasteiger partial charge in [0.25, 0.3) is 0 Å². The second-order valence-corrected chi connectivity index (χ2v) is 4.98. The van der Waals surface area contributed by atoms with Gasteiger partial charge >= 0.3 is 0 Å². The second-order valence-electron chi connectivity index (χ2n) is 4.13. The number of nitrogens with two attached hydrogens (primary N) is 1. The van der Waals surface area contributed by atoms with Crippen LogP contribution in [0.15, 0.2) is 42.5 Å². The molecule has 0 aliphatic heterocycles. The van der Waals surface area contributed by atoms with Gasteiger partial charge in [0.05, 0.1) is 5.02 Å². The van der Waals surface area contributed by atoms with Crippen LogP contribution in [0.4, 0.5) is 0 Å². The lowest BCUT2D eigenvalue weighted by Gasteiger charge is -2.12. The molecule has 0 spiro atoms. The first-order valence-corrected chi connectivity index (χ1v) is 6.54. The van der Waals surface area contributed by atoms with E-state index in [1.807, 2.05) is 31.2 Å². The quantitative estimate of drug-likeness (QED) is 0.653. The van der Waals surface area contributed by atoms with E-state index in [0.29, 0.717) is 21.5 Å². The average Bonchev–Trinajstić information content (AvgIpc) is 2.42. The van der Waals surface area contributed by atoms with Crippen LogP contribution in [0.2, 0.25) is 10.0 Å². The summed E-state index contributed by atoms with van der Waals surface area (Å²) in [4.78, 5) is 0. The molecular weight excluding hydrogens is 283 g/mol. The highest BCUT2D eigenvalue weighted by molar-refractivity contribution is 6.35. The molecule has 2 aromatic carbocycles. The minimum Gasteiger partial charge on any atom is -0.456 e. The maximum atomic E-state index is 6.05. The fourth-order valence-corrected chi connectivity index (χ4v) is 2.05. The monoisotopic (exact) mass is 296 g/mol. The van der Waals surface area contributed by atoms with Crippen LogP contribution in [0.5, 0.6) is 11.5 Å². The van der Waals surface area contributed by atoms with Gasteiger partial charge in [0.15, 0.2) is 0 Å². The van der Waals surface area contributed by atoms with E-state index in [4.69, 9.17) is 33.8 Å². The largest absolute Gasteiger partial charge is 0.456 e. The summed E-state index contributed by atoms with van der Waals surface area (Å²) in [6.07, 6.45) is 0. The van der Waals surface area contributed by atoms with Crippen LogP contribution in [0.25, 0.3) is 0 Å². The molecule has 2 rings (SSSR count). The topological polar surface area (TPSA) is 47.3 Å². The Morgan fingerprint density at radius 1 is 1.11 bits per heavy atom. The van der Waals surface area contributed by atoms with Gasteiger partial charge in [-0.15, -0.1) is 0 Å². The molecule has 0 aliphatic rings. The van der Waals surface area contributed by atoms with Crippen molar-refractivity contribution in [1.82, 2.24) is 5.43 Å². The highest BCUT2D eigenvalue weighted by Gasteiger charge is 2.06. The fourth-order valence-electron chi connectivity index (χ4n) is 1.61. The molecular formula is C14H14Cl2N2O. The molecule has 0 amide bonds. The van der Waals surface area contributed by atoms with Gasteiger partial charge in [0.1, 0.15) is 11.5 Å². The molecule has 3 N–H and O–H groups in total. The van der Waals surface area contributed by atoms with Gasteiger partial charge in [-0.2, -0.15) is 0 Å². The number of benzene rings is 2. The Labute approximate surface area is 122 Å². The summed E-state index contributed by atoms with van der Waals surface area (Å²) < 4.78 is 5.69. The first kappa shape index (κ1) is 14.2. The summed E-state index contributed by atoms with van der Waals surface area (Å²) >= 11 is 11.9. The van der Waals surface area contributed by atoms with Gasteiger partial charge < -0.3 is 4.74 Å². The maximum Gasteiger partial charge on any atom is 0.146 e. The van der Waals surface area contributed by atoms with Crippen molar-refractivity contribution in [2.45, 2.75) is 13.0 Å². The molecule has 0 fully saturated rings. The Kier molecular flexibility index (Phi) is 4.66. The van der Waals surface area contributed by atoms with Crippen molar-refractivity contribution < 1.29 is 4.74 Å². The average molecular weight is 297 g/mol. The van der Waals surface area contributed by atoms with Crippen LogP contribution in [0.3, 0.4) is 0 Å². The summed E-state index contributed by atoms with van der Waals surface area (Å²) in [6, 6.07) is 12.8. The minimum atomic E-state index is 0.0909. The van der Waals surface area contributed by atoms with Crippen LogP contribution in [0.1, 0.15) is 18.5 Å². The number of hydrogen-bond donors (Lipinski definition) is 2. The van der Waals surface area contributed by atoms with E-state index in [2.05, 4.69) is 5.43 Å². The van der Waals surface area contributed by atoms with Crippen molar-refractivity contribution >= 4 is 23.2 Å². The minimum absolute atomic E-state index is 0.0909. The first-order valence-electron chi connectivity index (χ1n) is 5.79. The molecule has 2 aromatic rings. The number of nitrogens with one attached hydrogen (secondary N) is 1. The van der Waals surface area contributed by atoms with Gasteiger partial charge in [-0.05, 0) is 42.8 Å². The Morgan fingerprint density at radius 2 is 1.79 bits per heavy atom. The summed E-state index contributed by atoms with van der Waals surface area (Å²) in [5.74, 6) is 6.67. The normalized spacial score (nSPS) is 12.2. The van der Waals surface area contributed by atoms with Crippen LogP contribution in [0, 0.1) is 0 Å². The SMILES string of the molecule is CC(NN)c1ccc(Oc2ccc(Cl)cc2Cl)cc1. The number of hydrazine groups is 1. The van der Waals surface area contributed by atoms with Crippen molar-refractivity contribution in [1.29, 1.82) is 0 Å². The fraction of sp³-hybridized carbons (Fsp3) is 0.143. The molecule has 3 nitrogen and oxygen atoms in total. The van der Waals surface area contributed by atoms with Crippen molar-refractivity contribution in [3.05, 3.63) is 58.1 Å². The molecule has 100 valence electrons. The third-order valence-corrected chi connectivity index (χ3v) is 3.28. The van der Waals surface area contributed by atoms with Crippen LogP contribution >= 0.6 is 23.2 Å². The number of hydrogen-bond acceptors (Lipinski definition) is 3. The highest BCUT2D eigenvalue weighted by atomic mass is 35.5. The van der Waals surface area contributed by atoms with Crippen LogP contribution < -0.4 is 16.0 Å². The highest BCUT2D eigenvalue weighted by Crippen LogP contribution is 2.31. The van der Waals surface area contributed by atoms with Gasteiger partial charge in [0.2, 0.25) is 0 Å². The second kappa shape index (κ2) is 6.26. The molecule has 0 aromatic heterocycles. The lowest BCUT2D eigenvalue weighted by Crippen LogP contribution is -2.25. The molecule has 0 heterocycles. The molecule has 19 heavy (non-hydrogen) atoms. The lowest BCUT2D eigenvalue weighted by atomic mass is 10.1. The Morgan fingerprint density at radius 3 is 2.37 bits per heavy atom. The Hall–Kier alpha value is -1.26. The predicted octanol–water partition coefficient (Wildman–Crippen LogP) is 4.31. The van der Waals surface area contributed by atoms with Gasteiger partial charge in [-0.3, -0.25) is 11.3 Å². The van der Waals surface area contributed by atoms with E-state index >= 15 is 0 Å². The van der Waals surface area contributed by atoms with Gasteiger partial charge in [-0.1, -0.05) is 35.3 Å². The number of ether oxygens (including phenoxy) is 1. The van der Waals surface area contributed by atoms with E-state index in [-0.39, 0.29) is 6.04 Å². The summed E-state index contributed by atoms with van der Waals surface area (Å²) in [7, 11) is 0. The van der Waals surface area contributed by atoms with Crippen molar-refractivity contribution in [2.24, 2.45) is 5.84 Å². The molecule has 0 saturated carbocycles. The number of halogens is 2. The first-order chi connectivity index (χ1) is 9.10. The smallest absolute Gasteiger partial charge is 0.146 e. The maximum absolute atomic E-state index is 6.05. The Bertz CT molecular complexity index is 558. The third-order valence-electron chi connectivity index (χ3n) is 2.75. The van der Waals surface area contributed by atoms with E-state index in [1.165, 1.54) is 0 Å². The molecule has 0 aliphatic carbocycles. The Balaban J connectivity index is 2.15. The van der Waals surface area contributed by atoms with E-state index in [9.17, 15) is 0 Å². The summed E-state index contributed by atoms with van der Waals surface area (Å²) in [5, 5.41) is 1.06. The van der Waals surface area contributed by atoms with E-state index in [1.54, 1.807) is 18.2 Å². The predicted molar refractivity (Wildman–Crippen MR) is 78.7 cm³/mol. The van der Waals surface area contributed by atoms with E-state index in [0.717, 1.165) is 5.56 Å². The third kappa shape index (κ3) is 3.61. The molecule has 0 bridgehead atoms. The van der Waals surface area contributed by atoms with Crippen molar-refractivity contribution in [3.8, 4) is 11.5 Å². The van der Waals surface area contributed by atoms with Crippen molar-refractivity contribution in [3.63, 3.8) is 0 Å². The molecule has 0 saturated heterocycles. The molecule has 5 heteroatoms. The van der Waals surface area contributed by atoms with Gasteiger partial charge in [0, 0.05) is 11.1 Å². The van der Waals surface area contributed by atoms with Crippen molar-refractivity contribution in [2.75, 3.05) is 0 Å². The van der Waals surface area contributed by atoms with E-state index < -0.39 is 0 Å². The zero-order valence-corrected chi connectivity index (χ0v) is 11.9. The lowest BCUT2D eigenvalue weighted by molar-refractivity contribution is 0.482. The number of rotatable bonds is 4. The zero-order valence-electron chi connectivity index (χ0n) is 10.4. The van der Waals surface area contributed by atoms with Crippen LogP contribution in [-0.4, -0.2) is 0 Å². The molecule has 0 radical (unpaired) electrons. The van der Waals surface area contributed by atoms with Crippen LogP contribution in [-0.2, 0) is 0 Å². The summed E-state index contributed by atoms with van der Waals surface area (Å²) in [6.45, 7) is 1.98.